The molecule has 0 spiro atoms. The predicted molar refractivity (Wildman–Crippen MR) is 131 cm³/mol. The van der Waals surface area contributed by atoms with Gasteiger partial charge < -0.3 is 30.0 Å². The van der Waals surface area contributed by atoms with Gasteiger partial charge in [0.25, 0.3) is 0 Å². The summed E-state index contributed by atoms with van der Waals surface area (Å²) in [5, 5.41) is 2.76. The number of rotatable bonds is 9. The van der Waals surface area contributed by atoms with E-state index in [1.807, 2.05) is 0 Å². The molecule has 3 aromatic carbocycles. The van der Waals surface area contributed by atoms with Crippen molar-refractivity contribution >= 4 is 29.1 Å². The van der Waals surface area contributed by atoms with Crippen LogP contribution < -0.4 is 30.0 Å². The Morgan fingerprint density at radius 3 is 1.94 bits per heavy atom. The number of nitrogen functional groups attached to an aromatic ring is 1. The van der Waals surface area contributed by atoms with Gasteiger partial charge in [-0.15, -0.1) is 0 Å². The highest BCUT2D eigenvalue weighted by atomic mass is 16.5. The van der Waals surface area contributed by atoms with E-state index in [0.717, 1.165) is 5.56 Å². The highest BCUT2D eigenvalue weighted by Crippen LogP contribution is 2.39. The predicted octanol–water partition coefficient (Wildman–Crippen LogP) is 4.19. The normalized spacial score (nSPS) is 10.6. The van der Waals surface area contributed by atoms with Crippen LogP contribution in [0.4, 0.5) is 11.4 Å². The molecule has 0 aliphatic carbocycles. The first-order chi connectivity index (χ1) is 16.4. The topological polar surface area (TPSA) is 109 Å². The first kappa shape index (κ1) is 24.2. The lowest BCUT2D eigenvalue weighted by Crippen LogP contribution is -2.11. The molecule has 176 valence electrons. The van der Waals surface area contributed by atoms with Gasteiger partial charge in [0, 0.05) is 22.9 Å². The number of carbonyl (C=O) groups excluding carboxylic acids is 2. The quantitative estimate of drug-likeness (QED) is 0.279. The third kappa shape index (κ3) is 5.47. The van der Waals surface area contributed by atoms with Crippen molar-refractivity contribution in [2.24, 2.45) is 0 Å². The maximum Gasteiger partial charge on any atom is 0.248 e. The van der Waals surface area contributed by atoms with Gasteiger partial charge in [0.15, 0.2) is 17.3 Å². The molecule has 3 rings (SSSR count). The Morgan fingerprint density at radius 1 is 0.765 bits per heavy atom. The Morgan fingerprint density at radius 2 is 1.38 bits per heavy atom. The minimum Gasteiger partial charge on any atom is -0.495 e. The second-order valence-electron chi connectivity index (χ2n) is 7.15. The van der Waals surface area contributed by atoms with Crippen LogP contribution in [0.5, 0.6) is 23.0 Å². The number of amides is 1. The maximum absolute atomic E-state index is 13.2. The van der Waals surface area contributed by atoms with Gasteiger partial charge in [-0.1, -0.05) is 12.1 Å². The molecule has 0 aromatic heterocycles. The second kappa shape index (κ2) is 10.9. The monoisotopic (exact) mass is 462 g/mol. The molecule has 0 atom stereocenters. The van der Waals surface area contributed by atoms with Gasteiger partial charge in [0.2, 0.25) is 11.7 Å². The molecule has 34 heavy (non-hydrogen) atoms. The zero-order valence-electron chi connectivity index (χ0n) is 19.4. The summed E-state index contributed by atoms with van der Waals surface area (Å²) in [6, 6.07) is 15.0. The lowest BCUT2D eigenvalue weighted by Gasteiger charge is -2.14. The van der Waals surface area contributed by atoms with Crippen molar-refractivity contribution < 1.29 is 28.5 Å². The van der Waals surface area contributed by atoms with Crippen LogP contribution in [0.1, 0.15) is 21.5 Å². The number of anilines is 2. The molecule has 0 bridgehead atoms. The molecule has 0 heterocycles. The van der Waals surface area contributed by atoms with E-state index in [2.05, 4.69) is 5.32 Å². The van der Waals surface area contributed by atoms with E-state index in [1.54, 1.807) is 60.7 Å². The molecule has 0 fully saturated rings. The van der Waals surface area contributed by atoms with E-state index in [0.29, 0.717) is 45.5 Å². The van der Waals surface area contributed by atoms with E-state index >= 15 is 0 Å². The lowest BCUT2D eigenvalue weighted by molar-refractivity contribution is -0.111. The molecule has 0 saturated heterocycles. The molecule has 1 amide bonds. The van der Waals surface area contributed by atoms with Crippen molar-refractivity contribution in [3.05, 3.63) is 77.4 Å². The second-order valence-corrected chi connectivity index (χ2v) is 7.15. The molecule has 3 N–H and O–H groups in total. The molecule has 0 saturated carbocycles. The fraction of sp³-hybridized carbons (Fsp3) is 0.154. The number of hydrogen-bond donors (Lipinski definition) is 2. The van der Waals surface area contributed by atoms with Crippen LogP contribution in [0.15, 0.2) is 60.7 Å². The van der Waals surface area contributed by atoms with Crippen molar-refractivity contribution in [1.82, 2.24) is 0 Å². The third-order valence-electron chi connectivity index (χ3n) is 5.01. The summed E-state index contributed by atoms with van der Waals surface area (Å²) >= 11 is 0. The zero-order chi connectivity index (χ0) is 24.7. The average Bonchev–Trinajstić information content (AvgIpc) is 2.86. The number of nitrogens with two attached hydrogens (primary N) is 1. The van der Waals surface area contributed by atoms with Crippen LogP contribution in [0.2, 0.25) is 0 Å². The number of ketones is 1. The highest BCUT2D eigenvalue weighted by molar-refractivity contribution is 6.11. The van der Waals surface area contributed by atoms with Gasteiger partial charge in [-0.2, -0.15) is 0 Å². The Balaban J connectivity index is 1.88. The van der Waals surface area contributed by atoms with Gasteiger partial charge >= 0.3 is 0 Å². The molecule has 8 heteroatoms. The van der Waals surface area contributed by atoms with Gasteiger partial charge in [0.1, 0.15) is 5.75 Å². The van der Waals surface area contributed by atoms with Gasteiger partial charge in [0.05, 0.1) is 34.1 Å². The first-order valence-electron chi connectivity index (χ1n) is 10.3. The standard InChI is InChI=1S/C26H26N2O6/c1-31-21-11-8-17(25(30)18-14-22(32-2)26(34-4)23(15-18)33-3)13-20(21)28-24(29)12-7-16-5-9-19(27)10-6-16/h5-15H,27H2,1-4H3,(H,28,29)/b12-7+. The first-order valence-corrected chi connectivity index (χ1v) is 10.3. The molecular formula is C26H26N2O6. The van der Waals surface area contributed by atoms with Gasteiger partial charge in [-0.05, 0) is 54.1 Å². The lowest BCUT2D eigenvalue weighted by atomic mass is 10.0. The SMILES string of the molecule is COc1ccc(C(=O)c2cc(OC)c(OC)c(OC)c2)cc1NC(=O)/C=C/c1ccc(N)cc1. The molecule has 0 aliphatic heterocycles. The number of carbonyl (C=O) groups is 2. The molecule has 0 unspecified atom stereocenters. The van der Waals surface area contributed by atoms with E-state index in [4.69, 9.17) is 24.7 Å². The number of methoxy groups -OCH3 is 4. The van der Waals surface area contributed by atoms with E-state index in [-0.39, 0.29) is 11.7 Å². The minimum atomic E-state index is -0.382. The highest BCUT2D eigenvalue weighted by Gasteiger charge is 2.19. The van der Waals surface area contributed by atoms with Crippen LogP contribution in [-0.2, 0) is 4.79 Å². The Kier molecular flexibility index (Phi) is 7.76. The average molecular weight is 463 g/mol. The molecule has 0 aliphatic rings. The fourth-order valence-electron chi connectivity index (χ4n) is 3.28. The molecule has 8 nitrogen and oxygen atoms in total. The molecular weight excluding hydrogens is 436 g/mol. The number of nitrogens with one attached hydrogen (secondary N) is 1. The maximum atomic E-state index is 13.2. The van der Waals surface area contributed by atoms with E-state index in [1.165, 1.54) is 34.5 Å². The summed E-state index contributed by atoms with van der Waals surface area (Å²) < 4.78 is 21.3. The summed E-state index contributed by atoms with van der Waals surface area (Å²) in [6.07, 6.45) is 3.05. The summed E-state index contributed by atoms with van der Waals surface area (Å²) in [7, 11) is 5.92. The Hall–Kier alpha value is -4.46. The molecule has 3 aromatic rings. The fourth-order valence-corrected chi connectivity index (χ4v) is 3.28. The van der Waals surface area contributed by atoms with Crippen LogP contribution in [0.25, 0.3) is 6.08 Å². The van der Waals surface area contributed by atoms with Crippen LogP contribution in [0, 0.1) is 0 Å². The third-order valence-corrected chi connectivity index (χ3v) is 5.01. The van der Waals surface area contributed by atoms with Gasteiger partial charge in [-0.3, -0.25) is 9.59 Å². The summed E-state index contributed by atoms with van der Waals surface area (Å²) in [5.41, 5.74) is 8.17. The summed E-state index contributed by atoms with van der Waals surface area (Å²) in [6.45, 7) is 0. The van der Waals surface area contributed by atoms with Crippen LogP contribution in [0.3, 0.4) is 0 Å². The molecule has 0 radical (unpaired) electrons. The smallest absolute Gasteiger partial charge is 0.248 e. The van der Waals surface area contributed by atoms with Crippen molar-refractivity contribution in [3.8, 4) is 23.0 Å². The minimum absolute atomic E-state index is 0.296. The zero-order valence-corrected chi connectivity index (χ0v) is 19.4. The summed E-state index contributed by atoms with van der Waals surface area (Å²) in [5.74, 6) is 0.843. The van der Waals surface area contributed by atoms with E-state index in [9.17, 15) is 9.59 Å². The largest absolute Gasteiger partial charge is 0.495 e. The number of hydrogen-bond acceptors (Lipinski definition) is 7. The van der Waals surface area contributed by atoms with Crippen molar-refractivity contribution in [1.29, 1.82) is 0 Å². The Labute approximate surface area is 197 Å². The number of ether oxygens (including phenoxy) is 4. The van der Waals surface area contributed by atoms with E-state index < -0.39 is 0 Å². The Bertz CT molecular complexity index is 1190. The number of benzene rings is 3. The van der Waals surface area contributed by atoms with Crippen LogP contribution >= 0.6 is 0 Å². The van der Waals surface area contributed by atoms with Crippen molar-refractivity contribution in [2.75, 3.05) is 39.5 Å². The van der Waals surface area contributed by atoms with Crippen molar-refractivity contribution in [2.45, 2.75) is 0 Å². The summed E-state index contributed by atoms with van der Waals surface area (Å²) in [4.78, 5) is 25.7. The van der Waals surface area contributed by atoms with Crippen LogP contribution in [-0.4, -0.2) is 40.1 Å². The van der Waals surface area contributed by atoms with Crippen molar-refractivity contribution in [3.63, 3.8) is 0 Å². The van der Waals surface area contributed by atoms with Gasteiger partial charge in [-0.25, -0.2) is 0 Å².